The monoisotopic (exact) mass is 242 g/mol. The van der Waals surface area contributed by atoms with Gasteiger partial charge in [0.25, 0.3) is 0 Å². The molecule has 1 aliphatic carbocycles. The van der Waals surface area contributed by atoms with Crippen LogP contribution in [0.2, 0.25) is 0 Å². The molecule has 0 radical (unpaired) electrons. The zero-order valence-corrected chi connectivity index (χ0v) is 10.1. The lowest BCUT2D eigenvalue weighted by Crippen LogP contribution is -2.24. The van der Waals surface area contributed by atoms with Crippen molar-refractivity contribution in [1.29, 1.82) is 0 Å². The summed E-state index contributed by atoms with van der Waals surface area (Å²) in [7, 11) is 0. The fourth-order valence-electron chi connectivity index (χ4n) is 2.62. The summed E-state index contributed by atoms with van der Waals surface area (Å²) in [6.45, 7) is 2.54. The number of carboxylic acids is 1. The number of carboxylic acid groups (broad SMARTS) is 1. The third-order valence-corrected chi connectivity index (χ3v) is 3.64. The summed E-state index contributed by atoms with van der Waals surface area (Å²) in [5.41, 5.74) is 2.98. The van der Waals surface area contributed by atoms with Gasteiger partial charge in [0.15, 0.2) is 0 Å². The fraction of sp³-hybridized carbons (Fsp3) is 0.286. The molecular formula is C14H14N2O2. The molecule has 0 bridgehead atoms. The van der Waals surface area contributed by atoms with Crippen LogP contribution in [0.25, 0.3) is 0 Å². The van der Waals surface area contributed by atoms with E-state index < -0.39 is 5.97 Å². The number of benzene rings is 1. The van der Waals surface area contributed by atoms with Gasteiger partial charge in [-0.1, -0.05) is 24.3 Å². The largest absolute Gasteiger partial charge is 0.477 e. The Balaban J connectivity index is 1.87. The van der Waals surface area contributed by atoms with Crippen LogP contribution in [0.15, 0.2) is 30.5 Å². The molecule has 1 aromatic heterocycles. The topological polar surface area (TPSA) is 55.1 Å². The number of hydrogen-bond donors (Lipinski definition) is 1. The first-order chi connectivity index (χ1) is 8.66. The minimum atomic E-state index is -0.914. The van der Waals surface area contributed by atoms with Crippen molar-refractivity contribution in [3.63, 3.8) is 0 Å². The highest BCUT2D eigenvalue weighted by Crippen LogP contribution is 2.36. The van der Waals surface area contributed by atoms with E-state index in [1.807, 2.05) is 19.1 Å². The molecular weight excluding hydrogens is 228 g/mol. The van der Waals surface area contributed by atoms with Gasteiger partial charge in [-0.2, -0.15) is 0 Å². The number of carbonyl (C=O) groups is 1. The second-order valence-electron chi connectivity index (χ2n) is 4.71. The molecule has 4 heteroatoms. The average Bonchev–Trinajstić information content (AvgIpc) is 2.68. The number of hydrogen-bond acceptors (Lipinski definition) is 2. The summed E-state index contributed by atoms with van der Waals surface area (Å²) >= 11 is 0. The summed E-state index contributed by atoms with van der Waals surface area (Å²) in [5, 5.41) is 9.12. The highest BCUT2D eigenvalue weighted by Gasteiger charge is 2.27. The van der Waals surface area contributed by atoms with E-state index in [-0.39, 0.29) is 5.69 Å². The van der Waals surface area contributed by atoms with Crippen LogP contribution in [0.4, 0.5) is 0 Å². The van der Waals surface area contributed by atoms with Crippen molar-refractivity contribution >= 4 is 5.97 Å². The Kier molecular flexibility index (Phi) is 2.44. The third-order valence-electron chi connectivity index (χ3n) is 3.64. The van der Waals surface area contributed by atoms with Gasteiger partial charge in [-0.25, -0.2) is 9.78 Å². The van der Waals surface area contributed by atoms with E-state index in [0.717, 1.165) is 12.2 Å². The number of fused-ring (bicyclic) bond motifs is 1. The van der Waals surface area contributed by atoms with Gasteiger partial charge in [0.2, 0.25) is 0 Å². The van der Waals surface area contributed by atoms with Crippen LogP contribution in [0.1, 0.15) is 33.4 Å². The summed E-state index contributed by atoms with van der Waals surface area (Å²) in [4.78, 5) is 15.2. The Hall–Kier alpha value is -2.10. The summed E-state index contributed by atoms with van der Waals surface area (Å²) in [6, 6.07) is 8.32. The predicted octanol–water partition coefficient (Wildman–Crippen LogP) is 2.23. The van der Waals surface area contributed by atoms with E-state index in [1.54, 1.807) is 4.57 Å². The van der Waals surface area contributed by atoms with Gasteiger partial charge in [0.05, 0.1) is 6.20 Å². The van der Waals surface area contributed by atoms with Crippen molar-refractivity contribution in [1.82, 2.24) is 9.55 Å². The highest BCUT2D eigenvalue weighted by molar-refractivity contribution is 5.85. The molecule has 0 saturated carbocycles. The molecule has 1 heterocycles. The van der Waals surface area contributed by atoms with Crippen LogP contribution in [-0.4, -0.2) is 20.6 Å². The number of rotatable bonds is 3. The van der Waals surface area contributed by atoms with Crippen LogP contribution in [-0.2, 0) is 13.0 Å². The Labute approximate surface area is 105 Å². The van der Waals surface area contributed by atoms with Crippen molar-refractivity contribution in [3.8, 4) is 0 Å². The van der Waals surface area contributed by atoms with E-state index in [0.29, 0.717) is 12.5 Å². The minimum Gasteiger partial charge on any atom is -0.477 e. The summed E-state index contributed by atoms with van der Waals surface area (Å²) in [6.07, 6.45) is 2.45. The van der Waals surface area contributed by atoms with Gasteiger partial charge in [-0.3, -0.25) is 0 Å². The zero-order valence-electron chi connectivity index (χ0n) is 10.1. The van der Waals surface area contributed by atoms with Gasteiger partial charge in [0.1, 0.15) is 11.5 Å². The molecule has 0 aliphatic heterocycles. The molecule has 1 unspecified atom stereocenters. The van der Waals surface area contributed by atoms with Gasteiger partial charge in [-0.05, 0) is 24.5 Å². The minimum absolute atomic E-state index is 0.275. The van der Waals surface area contributed by atoms with Crippen LogP contribution in [0.5, 0.6) is 0 Å². The van der Waals surface area contributed by atoms with Crippen LogP contribution in [0.3, 0.4) is 0 Å². The number of aromatic nitrogens is 2. The van der Waals surface area contributed by atoms with Crippen molar-refractivity contribution in [2.24, 2.45) is 0 Å². The van der Waals surface area contributed by atoms with Crippen molar-refractivity contribution in [2.45, 2.75) is 25.8 Å². The van der Waals surface area contributed by atoms with Gasteiger partial charge >= 0.3 is 5.97 Å². The molecule has 3 rings (SSSR count). The van der Waals surface area contributed by atoms with Crippen LogP contribution < -0.4 is 0 Å². The summed E-state index contributed by atoms with van der Waals surface area (Å²) < 4.78 is 1.79. The maximum atomic E-state index is 11.1. The van der Waals surface area contributed by atoms with E-state index in [2.05, 4.69) is 17.1 Å². The summed E-state index contributed by atoms with van der Waals surface area (Å²) in [5.74, 6) is 0.257. The molecule has 0 amide bonds. The second kappa shape index (κ2) is 3.98. The van der Waals surface area contributed by atoms with Gasteiger partial charge in [-0.15, -0.1) is 0 Å². The SMILES string of the molecule is Cc1ncc(C(=O)O)n1CC1Cc2ccccc21. The van der Waals surface area contributed by atoms with Crippen molar-refractivity contribution < 1.29 is 9.90 Å². The van der Waals surface area contributed by atoms with Crippen LogP contribution in [0, 0.1) is 6.92 Å². The molecule has 1 atom stereocenters. The van der Waals surface area contributed by atoms with E-state index in [1.165, 1.54) is 17.3 Å². The predicted molar refractivity (Wildman–Crippen MR) is 66.8 cm³/mol. The molecule has 0 spiro atoms. The maximum absolute atomic E-state index is 11.1. The smallest absolute Gasteiger partial charge is 0.354 e. The average molecular weight is 242 g/mol. The first-order valence-electron chi connectivity index (χ1n) is 6.00. The zero-order chi connectivity index (χ0) is 12.7. The molecule has 92 valence electrons. The fourth-order valence-corrected chi connectivity index (χ4v) is 2.62. The van der Waals surface area contributed by atoms with Gasteiger partial charge in [0, 0.05) is 12.5 Å². The lowest BCUT2D eigenvalue weighted by Gasteiger charge is -2.31. The number of aromatic carboxylic acids is 1. The molecule has 0 fully saturated rings. The lowest BCUT2D eigenvalue weighted by molar-refractivity contribution is 0.0684. The van der Waals surface area contributed by atoms with Crippen LogP contribution >= 0.6 is 0 Å². The Morgan fingerprint density at radius 1 is 1.50 bits per heavy atom. The van der Waals surface area contributed by atoms with E-state index in [9.17, 15) is 4.79 Å². The van der Waals surface area contributed by atoms with Crippen molar-refractivity contribution in [3.05, 3.63) is 53.1 Å². The molecule has 1 N–H and O–H groups in total. The second-order valence-corrected chi connectivity index (χ2v) is 4.71. The normalized spacial score (nSPS) is 17.1. The van der Waals surface area contributed by atoms with E-state index in [4.69, 9.17) is 5.11 Å². The first-order valence-corrected chi connectivity index (χ1v) is 6.00. The van der Waals surface area contributed by atoms with Gasteiger partial charge < -0.3 is 9.67 Å². The first kappa shape index (κ1) is 11.0. The highest BCUT2D eigenvalue weighted by atomic mass is 16.4. The number of aryl methyl sites for hydroxylation is 1. The Morgan fingerprint density at radius 3 is 3.00 bits per heavy atom. The quantitative estimate of drug-likeness (QED) is 0.898. The third kappa shape index (κ3) is 1.61. The molecule has 1 aromatic carbocycles. The number of nitrogens with zero attached hydrogens (tertiary/aromatic N) is 2. The molecule has 0 saturated heterocycles. The molecule has 18 heavy (non-hydrogen) atoms. The van der Waals surface area contributed by atoms with E-state index >= 15 is 0 Å². The molecule has 1 aliphatic rings. The molecule has 4 nitrogen and oxygen atoms in total. The Morgan fingerprint density at radius 2 is 2.28 bits per heavy atom. The van der Waals surface area contributed by atoms with Crippen molar-refractivity contribution in [2.75, 3.05) is 0 Å². The number of imidazole rings is 1. The Bertz CT molecular complexity index is 616. The molecule has 2 aromatic rings. The standard InChI is InChI=1S/C14H14N2O2/c1-9-15-7-13(14(17)18)16(9)8-11-6-10-4-2-3-5-12(10)11/h2-5,7,11H,6,8H2,1H3,(H,17,18). The lowest BCUT2D eigenvalue weighted by atomic mass is 9.77. The maximum Gasteiger partial charge on any atom is 0.354 e.